The van der Waals surface area contributed by atoms with Gasteiger partial charge in [-0.2, -0.15) is 0 Å². The topological polar surface area (TPSA) is 64.5 Å². The summed E-state index contributed by atoms with van der Waals surface area (Å²) in [6, 6.07) is 54.2. The zero-order chi connectivity index (χ0) is 33.3. The van der Waals surface area contributed by atoms with Gasteiger partial charge in [-0.3, -0.25) is 15.0 Å². The van der Waals surface area contributed by atoms with E-state index in [1.54, 1.807) is 12.4 Å². The predicted octanol–water partition coefficient (Wildman–Crippen LogP) is 11.0. The molecule has 0 N–H and O–H groups in total. The second-order valence-electron chi connectivity index (χ2n) is 12.1. The van der Waals surface area contributed by atoms with Crippen molar-refractivity contribution in [1.29, 1.82) is 0 Å². The molecule has 0 amide bonds. The Labute approximate surface area is 289 Å². The molecule has 9 rings (SSSR count). The summed E-state index contributed by atoms with van der Waals surface area (Å²) >= 11 is 0. The molecule has 9 aromatic rings. The van der Waals surface area contributed by atoms with E-state index in [-0.39, 0.29) is 0 Å². The Morgan fingerprint density at radius 3 is 1.52 bits per heavy atom. The molecule has 0 fully saturated rings. The average molecular weight is 640 g/mol. The molecule has 0 saturated carbocycles. The van der Waals surface area contributed by atoms with Gasteiger partial charge in [0.1, 0.15) is 0 Å². The summed E-state index contributed by atoms with van der Waals surface area (Å²) in [7, 11) is 0. The Morgan fingerprint density at radius 1 is 0.320 bits per heavy atom. The van der Waals surface area contributed by atoms with Crippen LogP contribution in [0.3, 0.4) is 0 Å². The molecule has 0 radical (unpaired) electrons. The highest BCUT2D eigenvalue weighted by Crippen LogP contribution is 2.39. The molecule has 0 unspecified atom stereocenters. The van der Waals surface area contributed by atoms with Crippen LogP contribution < -0.4 is 0 Å². The van der Waals surface area contributed by atoms with Crippen LogP contribution in [0.5, 0.6) is 0 Å². The molecule has 5 aromatic heterocycles. The molecule has 5 heteroatoms. The third-order valence-electron chi connectivity index (χ3n) is 9.04. The normalized spacial score (nSPS) is 11.2. The summed E-state index contributed by atoms with van der Waals surface area (Å²) in [5.41, 5.74) is 12.6. The van der Waals surface area contributed by atoms with Crippen LogP contribution >= 0.6 is 0 Å². The van der Waals surface area contributed by atoms with Gasteiger partial charge in [-0.25, -0.2) is 9.97 Å². The van der Waals surface area contributed by atoms with E-state index in [0.717, 1.165) is 89.2 Å². The van der Waals surface area contributed by atoms with E-state index in [2.05, 4.69) is 113 Å². The number of benzene rings is 4. The minimum absolute atomic E-state index is 0.806. The van der Waals surface area contributed by atoms with Crippen LogP contribution in [0, 0.1) is 0 Å². The minimum Gasteiger partial charge on any atom is -0.256 e. The van der Waals surface area contributed by atoms with E-state index < -0.39 is 0 Å². The first-order valence-electron chi connectivity index (χ1n) is 16.6. The molecule has 0 atom stereocenters. The summed E-state index contributed by atoms with van der Waals surface area (Å²) in [5, 5.41) is 3.36. The quantitative estimate of drug-likeness (QED) is 0.169. The van der Waals surface area contributed by atoms with Crippen molar-refractivity contribution in [2.24, 2.45) is 0 Å². The van der Waals surface area contributed by atoms with Gasteiger partial charge in [0, 0.05) is 45.9 Å². The number of fused-ring (bicyclic) bond motifs is 3. The number of aromatic nitrogens is 5. The first-order chi connectivity index (χ1) is 24.8. The van der Waals surface area contributed by atoms with Crippen molar-refractivity contribution in [3.8, 4) is 67.5 Å². The van der Waals surface area contributed by atoms with Gasteiger partial charge in [0.2, 0.25) is 0 Å². The molecule has 0 aliphatic heterocycles. The first kappa shape index (κ1) is 29.3. The number of rotatable bonds is 6. The van der Waals surface area contributed by atoms with Gasteiger partial charge < -0.3 is 0 Å². The van der Waals surface area contributed by atoms with E-state index in [0.29, 0.717) is 0 Å². The van der Waals surface area contributed by atoms with Gasteiger partial charge in [0.15, 0.2) is 0 Å². The lowest BCUT2D eigenvalue weighted by molar-refractivity contribution is 1.22. The molecule has 5 nitrogen and oxygen atoms in total. The lowest BCUT2D eigenvalue weighted by Gasteiger charge is -2.15. The highest BCUT2D eigenvalue weighted by atomic mass is 14.8. The van der Waals surface area contributed by atoms with Crippen molar-refractivity contribution in [1.82, 2.24) is 24.9 Å². The van der Waals surface area contributed by atoms with Crippen molar-refractivity contribution < 1.29 is 0 Å². The monoisotopic (exact) mass is 639 g/mol. The molecular formula is C45H29N5. The zero-order valence-corrected chi connectivity index (χ0v) is 27.0. The largest absolute Gasteiger partial charge is 0.256 e. The molecule has 50 heavy (non-hydrogen) atoms. The van der Waals surface area contributed by atoms with Gasteiger partial charge >= 0.3 is 0 Å². The maximum atomic E-state index is 5.30. The Kier molecular flexibility index (Phi) is 7.41. The van der Waals surface area contributed by atoms with E-state index in [1.165, 1.54) is 0 Å². The van der Waals surface area contributed by atoms with Crippen LogP contribution in [-0.4, -0.2) is 24.9 Å². The Hall–Kier alpha value is -6.85. The molecule has 5 heterocycles. The van der Waals surface area contributed by atoms with E-state index in [9.17, 15) is 0 Å². The van der Waals surface area contributed by atoms with Gasteiger partial charge in [-0.05, 0) is 76.9 Å². The SMILES string of the molecule is c1ccc(-c2nc3cc(-c4ccc(-c5cc(-c6ccccn6)nc(-c6ccccn6)c5)cc4)ccc3c3c(-c4ccccn4)cccc23)cc1. The molecular weight excluding hydrogens is 611 g/mol. The fourth-order valence-electron chi connectivity index (χ4n) is 6.63. The molecule has 234 valence electrons. The van der Waals surface area contributed by atoms with Crippen molar-refractivity contribution in [3.05, 3.63) is 176 Å². The van der Waals surface area contributed by atoms with Crippen molar-refractivity contribution in [2.75, 3.05) is 0 Å². The van der Waals surface area contributed by atoms with E-state index in [1.807, 2.05) is 60.8 Å². The average Bonchev–Trinajstić information content (AvgIpc) is 3.21. The standard InChI is InChI=1S/C45H29N5/c1-2-11-32(12-3-1)45-37-14-10-13-35(38-15-4-7-24-46-38)44(37)36-23-22-33(27-41(36)50-45)30-18-20-31(21-19-30)34-28-42(39-16-5-8-25-47-39)49-43(29-34)40-17-6-9-26-48-40/h1-29H. The highest BCUT2D eigenvalue weighted by Gasteiger charge is 2.16. The fourth-order valence-corrected chi connectivity index (χ4v) is 6.63. The lowest BCUT2D eigenvalue weighted by Crippen LogP contribution is -1.94. The van der Waals surface area contributed by atoms with Crippen LogP contribution in [0.1, 0.15) is 0 Å². The summed E-state index contributed by atoms with van der Waals surface area (Å²) < 4.78 is 0. The smallest absolute Gasteiger partial charge is 0.0900 e. The van der Waals surface area contributed by atoms with Gasteiger partial charge in [-0.1, -0.05) is 103 Å². The molecule has 0 saturated heterocycles. The maximum absolute atomic E-state index is 5.30. The number of hydrogen-bond acceptors (Lipinski definition) is 5. The second kappa shape index (κ2) is 12.6. The third kappa shape index (κ3) is 5.47. The van der Waals surface area contributed by atoms with Crippen molar-refractivity contribution >= 4 is 21.7 Å². The minimum atomic E-state index is 0.806. The Bertz CT molecular complexity index is 2550. The van der Waals surface area contributed by atoms with Gasteiger partial charge in [0.05, 0.1) is 39.7 Å². The molecule has 0 aliphatic rings. The summed E-state index contributed by atoms with van der Waals surface area (Å²) in [6.45, 7) is 0. The molecule has 0 aliphatic carbocycles. The predicted molar refractivity (Wildman–Crippen MR) is 203 cm³/mol. The number of nitrogens with zero attached hydrogens (tertiary/aromatic N) is 5. The Morgan fingerprint density at radius 2 is 0.900 bits per heavy atom. The molecule has 0 bridgehead atoms. The van der Waals surface area contributed by atoms with Crippen LogP contribution in [0.4, 0.5) is 0 Å². The number of hydrogen-bond donors (Lipinski definition) is 0. The van der Waals surface area contributed by atoms with Crippen LogP contribution in [0.15, 0.2) is 176 Å². The maximum Gasteiger partial charge on any atom is 0.0900 e. The summed E-state index contributed by atoms with van der Waals surface area (Å²) in [6.07, 6.45) is 5.44. The van der Waals surface area contributed by atoms with Crippen molar-refractivity contribution in [2.45, 2.75) is 0 Å². The molecule has 4 aromatic carbocycles. The van der Waals surface area contributed by atoms with Crippen LogP contribution in [0.2, 0.25) is 0 Å². The Balaban J connectivity index is 1.16. The van der Waals surface area contributed by atoms with E-state index in [4.69, 9.17) is 15.0 Å². The third-order valence-corrected chi connectivity index (χ3v) is 9.04. The highest BCUT2D eigenvalue weighted by molar-refractivity contribution is 6.17. The number of pyridine rings is 5. The van der Waals surface area contributed by atoms with Gasteiger partial charge in [0.25, 0.3) is 0 Å². The lowest BCUT2D eigenvalue weighted by atomic mass is 9.93. The molecule has 0 spiro atoms. The van der Waals surface area contributed by atoms with Crippen LogP contribution in [-0.2, 0) is 0 Å². The first-order valence-corrected chi connectivity index (χ1v) is 16.6. The van der Waals surface area contributed by atoms with Crippen LogP contribution in [0.25, 0.3) is 89.2 Å². The fraction of sp³-hybridized carbons (Fsp3) is 0. The summed E-state index contributed by atoms with van der Waals surface area (Å²) in [5.74, 6) is 0. The van der Waals surface area contributed by atoms with E-state index >= 15 is 0 Å². The zero-order valence-electron chi connectivity index (χ0n) is 27.0. The summed E-state index contributed by atoms with van der Waals surface area (Å²) in [4.78, 5) is 24.1. The van der Waals surface area contributed by atoms with Crippen molar-refractivity contribution in [3.63, 3.8) is 0 Å². The van der Waals surface area contributed by atoms with Gasteiger partial charge in [-0.15, -0.1) is 0 Å². The second-order valence-corrected chi connectivity index (χ2v) is 12.1.